The molecule has 1 aromatic carbocycles. The Morgan fingerprint density at radius 2 is 2.00 bits per heavy atom. The van der Waals surface area contributed by atoms with Gasteiger partial charge < -0.3 is 19.0 Å². The van der Waals surface area contributed by atoms with Gasteiger partial charge in [0.15, 0.2) is 5.43 Å². The summed E-state index contributed by atoms with van der Waals surface area (Å²) in [6, 6.07) is 10.5. The third kappa shape index (κ3) is 3.20. The number of benzene rings is 1. The molecule has 0 unspecified atom stereocenters. The summed E-state index contributed by atoms with van der Waals surface area (Å²) < 4.78 is 11.4. The van der Waals surface area contributed by atoms with Gasteiger partial charge in [0.25, 0.3) is 5.91 Å². The van der Waals surface area contributed by atoms with Crippen molar-refractivity contribution >= 4 is 16.9 Å². The molecule has 30 heavy (non-hydrogen) atoms. The molecule has 0 spiro atoms. The van der Waals surface area contributed by atoms with E-state index in [4.69, 9.17) is 9.15 Å². The van der Waals surface area contributed by atoms with Crippen molar-refractivity contribution in [3.63, 3.8) is 0 Å². The Hall–Kier alpha value is -3.03. The summed E-state index contributed by atoms with van der Waals surface area (Å²) in [5.41, 5.74) is 2.34. The lowest BCUT2D eigenvalue weighted by molar-refractivity contribution is -0.907. The standard InChI is InChI=1S/C23H23N3O4/c1-15-5-6-18-16(14-15)21(27)19-20(17-4-2-3-7-24-17)26(23(28)22(19)30-18)9-8-25-10-12-29-13-11-25/h2-7,14,20H,8-13H2,1H3/p+1/t20-/m1/s1. The van der Waals surface area contributed by atoms with E-state index in [1.807, 2.05) is 37.3 Å². The summed E-state index contributed by atoms with van der Waals surface area (Å²) in [6.45, 7) is 6.56. The molecule has 154 valence electrons. The van der Waals surface area contributed by atoms with Gasteiger partial charge >= 0.3 is 0 Å². The fourth-order valence-electron chi connectivity index (χ4n) is 4.40. The van der Waals surface area contributed by atoms with E-state index >= 15 is 0 Å². The average molecular weight is 406 g/mol. The van der Waals surface area contributed by atoms with Crippen LogP contribution in [0.2, 0.25) is 0 Å². The van der Waals surface area contributed by atoms with Crippen molar-refractivity contribution in [1.29, 1.82) is 0 Å². The number of quaternary nitrogens is 1. The zero-order chi connectivity index (χ0) is 20.7. The van der Waals surface area contributed by atoms with Crippen molar-refractivity contribution in [1.82, 2.24) is 9.88 Å². The van der Waals surface area contributed by atoms with Gasteiger partial charge in [0.2, 0.25) is 5.76 Å². The van der Waals surface area contributed by atoms with E-state index in [2.05, 4.69) is 4.98 Å². The molecule has 1 fully saturated rings. The molecule has 7 heteroatoms. The molecule has 0 aliphatic carbocycles. The highest BCUT2D eigenvalue weighted by Crippen LogP contribution is 2.36. The normalized spacial score (nSPS) is 19.4. The predicted octanol–water partition coefficient (Wildman–Crippen LogP) is 0.957. The van der Waals surface area contributed by atoms with Gasteiger partial charge in [0, 0.05) is 6.20 Å². The maximum atomic E-state index is 13.5. The van der Waals surface area contributed by atoms with Crippen LogP contribution < -0.4 is 10.3 Å². The number of nitrogens with one attached hydrogen (secondary N) is 1. The second-order valence-electron chi connectivity index (χ2n) is 7.94. The lowest BCUT2D eigenvalue weighted by Crippen LogP contribution is -3.14. The van der Waals surface area contributed by atoms with Crippen LogP contribution in [0.25, 0.3) is 11.0 Å². The number of rotatable bonds is 4. The van der Waals surface area contributed by atoms with Gasteiger partial charge in [0.05, 0.1) is 42.9 Å². The van der Waals surface area contributed by atoms with Gasteiger partial charge in [-0.15, -0.1) is 0 Å². The second-order valence-corrected chi connectivity index (χ2v) is 7.94. The average Bonchev–Trinajstić information content (AvgIpc) is 3.06. The van der Waals surface area contributed by atoms with Crippen molar-refractivity contribution in [3.05, 3.63) is 75.4 Å². The first-order valence-electron chi connectivity index (χ1n) is 10.3. The van der Waals surface area contributed by atoms with Crippen LogP contribution in [0.5, 0.6) is 0 Å². The lowest BCUT2D eigenvalue weighted by Gasteiger charge is -2.28. The molecule has 0 radical (unpaired) electrons. The molecule has 4 heterocycles. The number of ether oxygens (including phenoxy) is 1. The first-order chi connectivity index (χ1) is 14.6. The number of nitrogens with zero attached hydrogens (tertiary/aromatic N) is 2. The number of hydrogen-bond donors (Lipinski definition) is 1. The van der Waals surface area contributed by atoms with Crippen LogP contribution in [0.4, 0.5) is 0 Å². The van der Waals surface area contributed by atoms with E-state index in [1.54, 1.807) is 17.2 Å². The van der Waals surface area contributed by atoms with Crippen LogP contribution in [0.3, 0.4) is 0 Å². The van der Waals surface area contributed by atoms with Crippen molar-refractivity contribution < 1.29 is 18.8 Å². The molecule has 1 atom stereocenters. The monoisotopic (exact) mass is 406 g/mol. The SMILES string of the molecule is Cc1ccc2oc3c(c(=O)c2c1)[C@@H](c1ccccn1)N(CC[NH+]1CCOCC1)C3=O. The van der Waals surface area contributed by atoms with E-state index in [-0.39, 0.29) is 17.1 Å². The molecule has 1 N–H and O–H groups in total. The molecule has 7 nitrogen and oxygen atoms in total. The van der Waals surface area contributed by atoms with Crippen LogP contribution >= 0.6 is 0 Å². The van der Waals surface area contributed by atoms with Crippen LogP contribution in [-0.2, 0) is 4.74 Å². The third-order valence-electron chi connectivity index (χ3n) is 6.00. The quantitative estimate of drug-likeness (QED) is 0.698. The van der Waals surface area contributed by atoms with E-state index in [9.17, 15) is 9.59 Å². The molecule has 0 saturated carbocycles. The molecule has 1 amide bonds. The largest absolute Gasteiger partial charge is 0.450 e. The zero-order valence-corrected chi connectivity index (χ0v) is 16.9. The van der Waals surface area contributed by atoms with E-state index < -0.39 is 6.04 Å². The van der Waals surface area contributed by atoms with Gasteiger partial charge in [-0.1, -0.05) is 17.7 Å². The smallest absolute Gasteiger partial charge is 0.291 e. The summed E-state index contributed by atoms with van der Waals surface area (Å²) >= 11 is 0. The molecule has 3 aromatic rings. The molecular formula is C23H24N3O4+. The lowest BCUT2D eigenvalue weighted by atomic mass is 10.0. The van der Waals surface area contributed by atoms with Crippen molar-refractivity contribution in [2.24, 2.45) is 0 Å². The minimum absolute atomic E-state index is 0.143. The second kappa shape index (κ2) is 7.66. The maximum absolute atomic E-state index is 13.5. The van der Waals surface area contributed by atoms with Crippen LogP contribution in [0, 0.1) is 6.92 Å². The Balaban J connectivity index is 1.60. The Kier molecular flexibility index (Phi) is 4.84. The van der Waals surface area contributed by atoms with Crippen molar-refractivity contribution in [3.8, 4) is 0 Å². The molecular weight excluding hydrogens is 382 g/mol. The highest BCUT2D eigenvalue weighted by Gasteiger charge is 2.43. The molecule has 2 aliphatic rings. The van der Waals surface area contributed by atoms with E-state index in [0.717, 1.165) is 38.4 Å². The molecule has 5 rings (SSSR count). The van der Waals surface area contributed by atoms with E-state index in [1.165, 1.54) is 4.90 Å². The number of carbonyl (C=O) groups is 1. The summed E-state index contributed by atoms with van der Waals surface area (Å²) in [5.74, 6) is -0.100. The number of fused-ring (bicyclic) bond motifs is 2. The first-order valence-corrected chi connectivity index (χ1v) is 10.3. The summed E-state index contributed by atoms with van der Waals surface area (Å²) in [6.07, 6.45) is 1.69. The molecule has 2 aromatic heterocycles. The Bertz CT molecular complexity index is 1150. The number of carbonyl (C=O) groups excluding carboxylic acids is 1. The van der Waals surface area contributed by atoms with Crippen LogP contribution in [-0.4, -0.2) is 55.2 Å². The van der Waals surface area contributed by atoms with E-state index in [0.29, 0.717) is 28.8 Å². The van der Waals surface area contributed by atoms with Crippen LogP contribution in [0.1, 0.15) is 33.4 Å². The number of amides is 1. The number of aromatic nitrogens is 1. The van der Waals surface area contributed by atoms with Gasteiger partial charge in [-0.3, -0.25) is 14.6 Å². The molecule has 1 saturated heterocycles. The summed E-state index contributed by atoms with van der Waals surface area (Å²) in [4.78, 5) is 34.4. The van der Waals surface area contributed by atoms with Gasteiger partial charge in [-0.05, 0) is 31.2 Å². The highest BCUT2D eigenvalue weighted by atomic mass is 16.5. The number of morpholine rings is 1. The van der Waals surface area contributed by atoms with Gasteiger partial charge in [0.1, 0.15) is 24.7 Å². The molecule has 2 aliphatic heterocycles. The minimum Gasteiger partial charge on any atom is -0.450 e. The Morgan fingerprint density at radius 1 is 1.17 bits per heavy atom. The minimum atomic E-state index is -0.532. The summed E-state index contributed by atoms with van der Waals surface area (Å²) in [5, 5.41) is 0.503. The molecule has 0 bridgehead atoms. The number of hydrogen-bond acceptors (Lipinski definition) is 5. The van der Waals surface area contributed by atoms with Crippen molar-refractivity contribution in [2.75, 3.05) is 39.4 Å². The Labute approximate surface area is 173 Å². The topological polar surface area (TPSA) is 77.1 Å². The first kappa shape index (κ1) is 19.0. The zero-order valence-electron chi connectivity index (χ0n) is 16.9. The Morgan fingerprint density at radius 3 is 2.77 bits per heavy atom. The highest BCUT2D eigenvalue weighted by molar-refractivity contribution is 5.99. The number of pyridine rings is 1. The van der Waals surface area contributed by atoms with Crippen LogP contribution in [0.15, 0.2) is 51.8 Å². The fourth-order valence-corrected chi connectivity index (χ4v) is 4.40. The van der Waals surface area contributed by atoms with Crippen molar-refractivity contribution in [2.45, 2.75) is 13.0 Å². The van der Waals surface area contributed by atoms with Gasteiger partial charge in [-0.25, -0.2) is 0 Å². The fraction of sp³-hybridized carbons (Fsp3) is 0.348. The van der Waals surface area contributed by atoms with Gasteiger partial charge in [-0.2, -0.15) is 0 Å². The maximum Gasteiger partial charge on any atom is 0.291 e. The number of aryl methyl sites for hydroxylation is 1. The summed E-state index contributed by atoms with van der Waals surface area (Å²) in [7, 11) is 0. The third-order valence-corrected chi connectivity index (χ3v) is 6.00. The predicted molar refractivity (Wildman–Crippen MR) is 111 cm³/mol.